The molecule has 0 aliphatic rings. The fourth-order valence-electron chi connectivity index (χ4n) is 2.49. The van der Waals surface area contributed by atoms with Crippen molar-refractivity contribution in [2.45, 2.75) is 23.8 Å². The van der Waals surface area contributed by atoms with Crippen LogP contribution in [0.25, 0.3) is 0 Å². The number of benzene rings is 2. The second-order valence-corrected chi connectivity index (χ2v) is 7.82. The van der Waals surface area contributed by atoms with Crippen LogP contribution in [0, 0.1) is 0 Å². The third-order valence-electron chi connectivity index (χ3n) is 4.29. The molecule has 2 nitrogen and oxygen atoms in total. The molecule has 0 bridgehead atoms. The molecule has 0 fully saturated rings. The molecule has 0 aliphatic heterocycles. The largest absolute Gasteiger partial charge is 0.297 e. The maximum atomic E-state index is 13.1. The highest BCUT2D eigenvalue weighted by atomic mass is 79.9. The van der Waals surface area contributed by atoms with Crippen LogP contribution in [0.5, 0.6) is 0 Å². The molecule has 0 spiro atoms. The first-order valence-corrected chi connectivity index (χ1v) is 9.49. The van der Waals surface area contributed by atoms with E-state index in [9.17, 15) is 4.79 Å². The van der Waals surface area contributed by atoms with Crippen LogP contribution in [0.2, 0.25) is 0 Å². The van der Waals surface area contributed by atoms with Gasteiger partial charge in [0.05, 0.1) is 5.54 Å². The van der Waals surface area contributed by atoms with Crippen molar-refractivity contribution in [3.05, 3.63) is 64.1 Å². The predicted molar refractivity (Wildman–Crippen MR) is 102 cm³/mol. The molecule has 2 rings (SSSR count). The van der Waals surface area contributed by atoms with Crippen molar-refractivity contribution in [2.24, 2.45) is 0 Å². The van der Waals surface area contributed by atoms with Gasteiger partial charge in [-0.1, -0.05) is 40.2 Å². The Balaban J connectivity index is 2.30. The highest BCUT2D eigenvalue weighted by Gasteiger charge is 2.36. The summed E-state index contributed by atoms with van der Waals surface area (Å²) in [5, 5.41) is 0. The Kier molecular flexibility index (Phi) is 6.06. The summed E-state index contributed by atoms with van der Waals surface area (Å²) in [7, 11) is 3.93. The highest BCUT2D eigenvalue weighted by Crippen LogP contribution is 2.26. The van der Waals surface area contributed by atoms with Crippen molar-refractivity contribution in [1.82, 2.24) is 4.90 Å². The van der Waals surface area contributed by atoms with Crippen LogP contribution in [0.4, 0.5) is 0 Å². The van der Waals surface area contributed by atoms with Gasteiger partial charge >= 0.3 is 0 Å². The number of carbonyl (C=O) groups is 1. The molecule has 122 valence electrons. The fourth-order valence-corrected chi connectivity index (χ4v) is 3.17. The van der Waals surface area contributed by atoms with Crippen LogP contribution in [0.1, 0.15) is 22.8 Å². The summed E-state index contributed by atoms with van der Waals surface area (Å²) in [6.45, 7) is 2.01. The van der Waals surface area contributed by atoms with Gasteiger partial charge in [-0.3, -0.25) is 9.69 Å². The van der Waals surface area contributed by atoms with Crippen LogP contribution in [0.15, 0.2) is 57.9 Å². The lowest BCUT2D eigenvalue weighted by Gasteiger charge is -2.35. The number of carbonyl (C=O) groups excluding carboxylic acids is 1. The van der Waals surface area contributed by atoms with Crippen LogP contribution in [0.3, 0.4) is 0 Å². The fraction of sp³-hybridized carbons (Fsp3) is 0.316. The second-order valence-electron chi connectivity index (χ2n) is 6.03. The molecule has 1 unspecified atom stereocenters. The smallest absolute Gasteiger partial charge is 0.183 e. The maximum Gasteiger partial charge on any atom is 0.183 e. The van der Waals surface area contributed by atoms with Crippen molar-refractivity contribution >= 4 is 33.5 Å². The van der Waals surface area contributed by atoms with Gasteiger partial charge in [-0.05, 0) is 63.5 Å². The maximum absolute atomic E-state index is 13.1. The van der Waals surface area contributed by atoms with E-state index in [1.807, 2.05) is 68.6 Å². The minimum absolute atomic E-state index is 0.151. The third kappa shape index (κ3) is 4.25. The zero-order chi connectivity index (χ0) is 17.0. The monoisotopic (exact) mass is 391 g/mol. The quantitative estimate of drug-likeness (QED) is 0.514. The molecule has 0 saturated carbocycles. The summed E-state index contributed by atoms with van der Waals surface area (Å²) < 4.78 is 1.05. The lowest BCUT2D eigenvalue weighted by Crippen LogP contribution is -2.50. The highest BCUT2D eigenvalue weighted by molar-refractivity contribution is 9.10. The first-order valence-electron chi connectivity index (χ1n) is 7.47. The molecule has 0 heterocycles. The van der Waals surface area contributed by atoms with E-state index < -0.39 is 5.54 Å². The molecule has 0 aliphatic carbocycles. The van der Waals surface area contributed by atoms with Gasteiger partial charge in [0, 0.05) is 14.9 Å². The number of ketones is 1. The average Bonchev–Trinajstić information content (AvgIpc) is 2.56. The molecular weight excluding hydrogens is 370 g/mol. The third-order valence-corrected chi connectivity index (χ3v) is 5.56. The van der Waals surface area contributed by atoms with E-state index in [0.717, 1.165) is 15.6 Å². The van der Waals surface area contributed by atoms with Gasteiger partial charge in [0.2, 0.25) is 0 Å². The summed E-state index contributed by atoms with van der Waals surface area (Å²) in [5.41, 5.74) is 1.34. The predicted octanol–water partition coefficient (Wildman–Crippen LogP) is 4.92. The van der Waals surface area contributed by atoms with Gasteiger partial charge in [-0.2, -0.15) is 0 Å². The van der Waals surface area contributed by atoms with Gasteiger partial charge in [0.1, 0.15) is 0 Å². The first-order chi connectivity index (χ1) is 10.9. The number of thioether (sulfide) groups is 1. The number of nitrogens with zero attached hydrogens (tertiary/aromatic N) is 1. The average molecular weight is 392 g/mol. The number of rotatable bonds is 6. The van der Waals surface area contributed by atoms with Gasteiger partial charge < -0.3 is 0 Å². The number of halogens is 1. The summed E-state index contributed by atoms with van der Waals surface area (Å²) in [5.74, 6) is 0.151. The van der Waals surface area contributed by atoms with Gasteiger partial charge in [0.25, 0.3) is 0 Å². The second kappa shape index (κ2) is 7.65. The molecule has 1 atom stereocenters. The van der Waals surface area contributed by atoms with Crippen LogP contribution < -0.4 is 0 Å². The number of hydrogen-bond acceptors (Lipinski definition) is 3. The summed E-state index contributed by atoms with van der Waals surface area (Å²) in [6.07, 6.45) is 2.71. The van der Waals surface area contributed by atoms with E-state index in [-0.39, 0.29) is 5.78 Å². The van der Waals surface area contributed by atoms with Gasteiger partial charge in [-0.25, -0.2) is 0 Å². The summed E-state index contributed by atoms with van der Waals surface area (Å²) >= 11 is 5.13. The van der Waals surface area contributed by atoms with E-state index in [4.69, 9.17) is 0 Å². The minimum Gasteiger partial charge on any atom is -0.297 e. The Labute approximate surface area is 151 Å². The number of hydrogen-bond donors (Lipinski definition) is 0. The van der Waals surface area contributed by atoms with E-state index in [1.165, 1.54) is 4.90 Å². The summed E-state index contributed by atoms with van der Waals surface area (Å²) in [4.78, 5) is 16.3. The van der Waals surface area contributed by atoms with E-state index in [0.29, 0.717) is 6.42 Å². The Bertz CT molecular complexity index is 667. The Morgan fingerprint density at radius 3 is 2.13 bits per heavy atom. The van der Waals surface area contributed by atoms with Crippen LogP contribution in [-0.4, -0.2) is 36.6 Å². The molecular formula is C19H22BrNOS. The number of Topliss-reactive ketones (excluding diaryl/α,β-unsaturated/α-hetero) is 1. The molecule has 0 aromatic heterocycles. The molecule has 2 aromatic carbocycles. The van der Waals surface area contributed by atoms with Crippen molar-refractivity contribution in [2.75, 3.05) is 20.4 Å². The summed E-state index contributed by atoms with van der Waals surface area (Å²) in [6, 6.07) is 16.0. The molecule has 0 saturated heterocycles. The molecule has 0 N–H and O–H groups in total. The Morgan fingerprint density at radius 1 is 1.09 bits per heavy atom. The normalized spacial score (nSPS) is 13.8. The molecule has 2 aromatic rings. The zero-order valence-corrected chi connectivity index (χ0v) is 16.4. The Morgan fingerprint density at radius 2 is 1.65 bits per heavy atom. The van der Waals surface area contributed by atoms with E-state index >= 15 is 0 Å². The molecule has 0 amide bonds. The van der Waals surface area contributed by atoms with Gasteiger partial charge in [-0.15, -0.1) is 11.8 Å². The van der Waals surface area contributed by atoms with Crippen molar-refractivity contribution < 1.29 is 4.79 Å². The Hall–Kier alpha value is -1.10. The molecule has 23 heavy (non-hydrogen) atoms. The number of likely N-dealkylation sites (N-methyl/N-ethyl adjacent to an activating group) is 1. The van der Waals surface area contributed by atoms with Crippen LogP contribution in [-0.2, 0) is 6.42 Å². The topological polar surface area (TPSA) is 20.3 Å². The molecule has 0 radical (unpaired) electrons. The SMILES string of the molecule is CSc1ccc(C(=O)C(C)(Cc2ccc(Br)cc2)N(C)C)cc1. The van der Waals surface area contributed by atoms with E-state index in [2.05, 4.69) is 28.1 Å². The zero-order valence-electron chi connectivity index (χ0n) is 14.0. The van der Waals surface area contributed by atoms with Crippen molar-refractivity contribution in [3.8, 4) is 0 Å². The van der Waals surface area contributed by atoms with Crippen molar-refractivity contribution in [3.63, 3.8) is 0 Å². The van der Waals surface area contributed by atoms with Crippen LogP contribution >= 0.6 is 27.7 Å². The van der Waals surface area contributed by atoms with E-state index in [1.54, 1.807) is 11.8 Å². The first kappa shape index (κ1) is 18.2. The lowest BCUT2D eigenvalue weighted by molar-refractivity contribution is 0.0719. The molecule has 4 heteroatoms. The minimum atomic E-state index is -0.575. The standard InChI is InChI=1S/C19H22BrNOS/c1-19(21(2)3,13-14-5-9-16(20)10-6-14)18(22)15-7-11-17(23-4)12-8-15/h5-12H,13H2,1-4H3. The van der Waals surface area contributed by atoms with Gasteiger partial charge in [0.15, 0.2) is 5.78 Å². The van der Waals surface area contributed by atoms with Crippen molar-refractivity contribution in [1.29, 1.82) is 0 Å². The lowest BCUT2D eigenvalue weighted by atomic mass is 9.84.